The fourth-order valence-corrected chi connectivity index (χ4v) is 5.20. The van der Waals surface area contributed by atoms with E-state index in [1.165, 1.54) is 0 Å². The number of sulfonamides is 1. The van der Waals surface area contributed by atoms with Crippen molar-refractivity contribution in [1.29, 1.82) is 0 Å². The molecule has 2 aliphatic heterocycles. The highest BCUT2D eigenvalue weighted by molar-refractivity contribution is 7.89. The van der Waals surface area contributed by atoms with Crippen molar-refractivity contribution in [3.05, 3.63) is 23.8 Å². The number of amides is 2. The fraction of sp³-hybridized carbons (Fsp3) is 0.619. The van der Waals surface area contributed by atoms with Crippen LogP contribution < -0.4 is 9.62 Å². The Morgan fingerprint density at radius 1 is 1.10 bits per heavy atom. The van der Waals surface area contributed by atoms with Crippen LogP contribution in [-0.2, 0) is 26.0 Å². The minimum Gasteiger partial charge on any atom is -0.343 e. The third-order valence-electron chi connectivity index (χ3n) is 6.22. The van der Waals surface area contributed by atoms with Crippen molar-refractivity contribution in [3.63, 3.8) is 0 Å². The van der Waals surface area contributed by atoms with Crippen molar-refractivity contribution < 1.29 is 18.0 Å². The maximum atomic E-state index is 12.6. The van der Waals surface area contributed by atoms with Crippen LogP contribution in [0.15, 0.2) is 23.1 Å². The first-order valence-corrected chi connectivity index (χ1v) is 12.1. The molecule has 0 aromatic heterocycles. The summed E-state index contributed by atoms with van der Waals surface area (Å²) in [5, 5.41) is 0. The average Bonchev–Trinajstić information content (AvgIpc) is 3.46. The highest BCUT2D eigenvalue weighted by Crippen LogP contribution is 2.37. The van der Waals surface area contributed by atoms with E-state index in [-0.39, 0.29) is 35.6 Å². The molecule has 8 heteroatoms. The lowest BCUT2D eigenvalue weighted by atomic mass is 9.99. The van der Waals surface area contributed by atoms with Gasteiger partial charge >= 0.3 is 0 Å². The molecule has 1 aliphatic carbocycles. The lowest BCUT2D eigenvalue weighted by Crippen LogP contribution is -2.39. The first-order chi connectivity index (χ1) is 13.8. The van der Waals surface area contributed by atoms with Crippen LogP contribution >= 0.6 is 0 Å². The zero-order valence-electron chi connectivity index (χ0n) is 16.9. The van der Waals surface area contributed by atoms with Crippen LogP contribution in [0.25, 0.3) is 0 Å². The summed E-state index contributed by atoms with van der Waals surface area (Å²) in [6, 6.07) is 4.94. The monoisotopic (exact) mass is 419 g/mol. The molecule has 158 valence electrons. The Morgan fingerprint density at radius 3 is 2.52 bits per heavy atom. The molecule has 1 N–H and O–H groups in total. The van der Waals surface area contributed by atoms with Gasteiger partial charge in [-0.25, -0.2) is 13.1 Å². The SMILES string of the molecule is CC1CCN(C(=O)CCNS(=O)(=O)c2ccc3c(c2)CCN3C(=O)C2CC2)CC1. The molecule has 0 radical (unpaired) electrons. The Labute approximate surface area is 172 Å². The minimum absolute atomic E-state index is 0.00258. The summed E-state index contributed by atoms with van der Waals surface area (Å²) < 4.78 is 27.9. The molecule has 29 heavy (non-hydrogen) atoms. The predicted molar refractivity (Wildman–Crippen MR) is 110 cm³/mol. The molecule has 0 spiro atoms. The van der Waals surface area contributed by atoms with E-state index in [0.29, 0.717) is 18.9 Å². The lowest BCUT2D eigenvalue weighted by Gasteiger charge is -2.30. The van der Waals surface area contributed by atoms with E-state index in [1.54, 1.807) is 23.1 Å². The van der Waals surface area contributed by atoms with Crippen LogP contribution in [-0.4, -0.2) is 51.3 Å². The second-order valence-electron chi connectivity index (χ2n) is 8.52. The van der Waals surface area contributed by atoms with Gasteiger partial charge in [-0.05, 0) is 61.8 Å². The zero-order chi connectivity index (χ0) is 20.6. The lowest BCUT2D eigenvalue weighted by molar-refractivity contribution is -0.132. The second-order valence-corrected chi connectivity index (χ2v) is 10.3. The molecule has 0 atom stereocenters. The predicted octanol–water partition coefficient (Wildman–Crippen LogP) is 1.91. The molecule has 1 saturated carbocycles. The first-order valence-electron chi connectivity index (χ1n) is 10.6. The van der Waals surface area contributed by atoms with Gasteiger partial charge < -0.3 is 9.80 Å². The first kappa shape index (κ1) is 20.3. The molecule has 7 nitrogen and oxygen atoms in total. The molecule has 2 heterocycles. The van der Waals surface area contributed by atoms with E-state index >= 15 is 0 Å². The van der Waals surface area contributed by atoms with Crippen molar-refractivity contribution in [2.45, 2.75) is 50.3 Å². The highest BCUT2D eigenvalue weighted by atomic mass is 32.2. The van der Waals surface area contributed by atoms with Gasteiger partial charge in [0.1, 0.15) is 0 Å². The van der Waals surface area contributed by atoms with Gasteiger partial charge in [0, 0.05) is 44.2 Å². The summed E-state index contributed by atoms with van der Waals surface area (Å²) in [7, 11) is -3.68. The highest BCUT2D eigenvalue weighted by Gasteiger charge is 2.36. The summed E-state index contributed by atoms with van der Waals surface area (Å²) in [5.74, 6) is 0.949. The quantitative estimate of drug-likeness (QED) is 0.763. The van der Waals surface area contributed by atoms with Crippen molar-refractivity contribution in [3.8, 4) is 0 Å². The third kappa shape index (κ3) is 4.48. The molecule has 1 aromatic rings. The van der Waals surface area contributed by atoms with Gasteiger partial charge in [0.05, 0.1) is 4.90 Å². The number of carbonyl (C=O) groups excluding carboxylic acids is 2. The Bertz CT molecular complexity index is 903. The Morgan fingerprint density at radius 2 is 1.83 bits per heavy atom. The smallest absolute Gasteiger partial charge is 0.240 e. The van der Waals surface area contributed by atoms with E-state index in [4.69, 9.17) is 0 Å². The maximum absolute atomic E-state index is 12.6. The number of hydrogen-bond acceptors (Lipinski definition) is 4. The Balaban J connectivity index is 1.34. The van der Waals surface area contributed by atoms with Gasteiger partial charge in [-0.1, -0.05) is 6.92 Å². The van der Waals surface area contributed by atoms with Gasteiger partial charge in [-0.3, -0.25) is 9.59 Å². The van der Waals surface area contributed by atoms with E-state index in [9.17, 15) is 18.0 Å². The van der Waals surface area contributed by atoms with Crippen LogP contribution in [0, 0.1) is 11.8 Å². The Kier molecular flexibility index (Phi) is 5.66. The summed E-state index contributed by atoms with van der Waals surface area (Å²) >= 11 is 0. The number of nitrogens with one attached hydrogen (secondary N) is 1. The maximum Gasteiger partial charge on any atom is 0.240 e. The van der Waals surface area contributed by atoms with Crippen molar-refractivity contribution in [2.75, 3.05) is 31.1 Å². The molecular weight excluding hydrogens is 390 g/mol. The number of hydrogen-bond donors (Lipinski definition) is 1. The van der Waals surface area contributed by atoms with Crippen molar-refractivity contribution in [1.82, 2.24) is 9.62 Å². The minimum atomic E-state index is -3.68. The normalized spacial score (nSPS) is 20.0. The number of carbonyl (C=O) groups is 2. The molecule has 1 aromatic carbocycles. The van der Waals surface area contributed by atoms with E-state index in [0.717, 1.165) is 50.0 Å². The van der Waals surface area contributed by atoms with Gasteiger partial charge in [-0.15, -0.1) is 0 Å². The number of likely N-dealkylation sites (tertiary alicyclic amines) is 1. The summed E-state index contributed by atoms with van der Waals surface area (Å²) in [6.45, 7) is 4.41. The van der Waals surface area contributed by atoms with Crippen LogP contribution in [0.3, 0.4) is 0 Å². The standard InChI is InChI=1S/C21H29N3O4S/c1-15-7-11-23(12-8-15)20(25)6-10-22-29(27,28)18-4-5-19-17(14-18)9-13-24(19)21(26)16-2-3-16/h4-5,14-16,22H,2-3,6-13H2,1H3. The van der Waals surface area contributed by atoms with Gasteiger partial charge in [-0.2, -0.15) is 0 Å². The van der Waals surface area contributed by atoms with E-state index in [2.05, 4.69) is 11.6 Å². The summed E-state index contributed by atoms with van der Waals surface area (Å²) in [6.07, 6.45) is 4.76. The molecule has 3 aliphatic rings. The molecule has 4 rings (SSSR count). The van der Waals surface area contributed by atoms with Crippen LogP contribution in [0.4, 0.5) is 5.69 Å². The van der Waals surface area contributed by atoms with Crippen LogP contribution in [0.1, 0.15) is 44.6 Å². The molecule has 0 bridgehead atoms. The molecular formula is C21H29N3O4S. The summed E-state index contributed by atoms with van der Waals surface area (Å²) in [4.78, 5) is 28.5. The van der Waals surface area contributed by atoms with Gasteiger partial charge in [0.25, 0.3) is 0 Å². The molecule has 1 saturated heterocycles. The van der Waals surface area contributed by atoms with Crippen molar-refractivity contribution >= 4 is 27.5 Å². The third-order valence-corrected chi connectivity index (χ3v) is 7.68. The van der Waals surface area contributed by atoms with Crippen LogP contribution in [0.5, 0.6) is 0 Å². The largest absolute Gasteiger partial charge is 0.343 e. The Hall–Kier alpha value is -1.93. The van der Waals surface area contributed by atoms with Gasteiger partial charge in [0.2, 0.25) is 21.8 Å². The van der Waals surface area contributed by atoms with E-state index in [1.807, 2.05) is 4.90 Å². The van der Waals surface area contributed by atoms with Crippen molar-refractivity contribution in [2.24, 2.45) is 11.8 Å². The topological polar surface area (TPSA) is 86.8 Å². The number of benzene rings is 1. The number of anilines is 1. The number of piperidine rings is 1. The zero-order valence-corrected chi connectivity index (χ0v) is 17.7. The number of nitrogens with zero attached hydrogens (tertiary/aromatic N) is 2. The average molecular weight is 420 g/mol. The van der Waals surface area contributed by atoms with Crippen LogP contribution in [0.2, 0.25) is 0 Å². The van der Waals surface area contributed by atoms with E-state index < -0.39 is 10.0 Å². The molecule has 2 fully saturated rings. The number of rotatable bonds is 6. The number of fused-ring (bicyclic) bond motifs is 1. The molecule has 0 unspecified atom stereocenters. The fourth-order valence-electron chi connectivity index (χ4n) is 4.12. The summed E-state index contributed by atoms with van der Waals surface area (Å²) in [5.41, 5.74) is 1.72. The second kappa shape index (κ2) is 8.07. The molecule has 2 amide bonds. The van der Waals surface area contributed by atoms with Gasteiger partial charge in [0.15, 0.2) is 0 Å².